The Morgan fingerprint density at radius 1 is 1.04 bits per heavy atom. The van der Waals surface area contributed by atoms with Crippen LogP contribution in [-0.2, 0) is 24.0 Å². The smallest absolute Gasteiger partial charge is 0.333 e. The molecule has 2 aromatic rings. The van der Waals surface area contributed by atoms with E-state index in [1.54, 1.807) is 0 Å². The van der Waals surface area contributed by atoms with Crippen molar-refractivity contribution in [1.82, 2.24) is 0 Å². The Hall–Kier alpha value is -1.04. The third kappa shape index (κ3) is 4.32. The molecule has 1 aliphatic rings. The first kappa shape index (κ1) is 17.8. The molecule has 1 heterocycles. The second-order valence-electron chi connectivity index (χ2n) is 5.27. The summed E-state index contributed by atoms with van der Waals surface area (Å²) in [6.07, 6.45) is -1.64. The molecule has 2 aromatic carbocycles. The summed E-state index contributed by atoms with van der Waals surface area (Å²) >= 11 is 2.21. The molecule has 3 rings (SSSR count). The molecule has 0 aromatic heterocycles. The minimum absolute atomic E-state index is 0.211. The van der Waals surface area contributed by atoms with Gasteiger partial charge in [-0.2, -0.15) is 8.42 Å². The van der Waals surface area contributed by atoms with E-state index in [0.717, 1.165) is 14.7 Å². The number of rotatable bonds is 5. The first-order chi connectivity index (χ1) is 11.4. The second-order valence-corrected chi connectivity index (χ2v) is 7.66. The molecule has 24 heavy (non-hydrogen) atoms. The highest BCUT2D eigenvalue weighted by atomic mass is 127. The first-order valence-electron chi connectivity index (χ1n) is 7.21. The van der Waals surface area contributed by atoms with Crippen LogP contribution in [0, 0.1) is 3.57 Å². The summed E-state index contributed by atoms with van der Waals surface area (Å²) in [5.74, 6) is 0. The van der Waals surface area contributed by atoms with Gasteiger partial charge >= 0.3 is 10.3 Å². The van der Waals surface area contributed by atoms with Crippen molar-refractivity contribution < 1.29 is 22.1 Å². The minimum Gasteiger partial charge on any atom is -0.340 e. The van der Waals surface area contributed by atoms with Crippen molar-refractivity contribution in [3.8, 4) is 0 Å². The average molecular weight is 461 g/mol. The fourth-order valence-electron chi connectivity index (χ4n) is 2.52. The molecular weight excluding hydrogens is 445 g/mol. The molecule has 1 aliphatic heterocycles. The quantitative estimate of drug-likeness (QED) is 0.692. The summed E-state index contributed by atoms with van der Waals surface area (Å²) in [7, 11) is -4.05. The number of hydrogen-bond acceptors (Lipinski definition) is 5. The molecule has 0 saturated carbocycles. The molecule has 0 radical (unpaired) electrons. The number of hydrogen-bond donors (Lipinski definition) is 1. The number of benzene rings is 2. The SMILES string of the molecule is NS(=O)(=O)OC[C@@H]1O[C@@H](c2ccccc2)O[C@H]1c1ccccc1I. The Morgan fingerprint density at radius 2 is 1.71 bits per heavy atom. The molecule has 8 heteroatoms. The summed E-state index contributed by atoms with van der Waals surface area (Å²) in [5.41, 5.74) is 1.77. The van der Waals surface area contributed by atoms with Crippen LogP contribution < -0.4 is 5.14 Å². The Labute approximate surface area is 154 Å². The lowest BCUT2D eigenvalue weighted by molar-refractivity contribution is -0.0727. The van der Waals surface area contributed by atoms with Gasteiger partial charge in [0.15, 0.2) is 6.29 Å². The van der Waals surface area contributed by atoms with Crippen LogP contribution >= 0.6 is 22.6 Å². The summed E-state index contributed by atoms with van der Waals surface area (Å²) in [6.45, 7) is -0.211. The van der Waals surface area contributed by atoms with Crippen molar-refractivity contribution in [3.63, 3.8) is 0 Å². The standard InChI is InChI=1S/C16H16INO5S/c17-13-9-5-4-8-12(13)15-14(10-21-24(18,19)20)22-16(23-15)11-6-2-1-3-7-11/h1-9,14-16H,10H2,(H2,18,19,20)/t14-,15-,16+/m0/s1. The summed E-state index contributed by atoms with van der Waals surface area (Å²) in [6, 6.07) is 17.1. The van der Waals surface area contributed by atoms with E-state index in [0.29, 0.717) is 0 Å². The lowest BCUT2D eigenvalue weighted by Gasteiger charge is -2.17. The number of nitrogens with two attached hydrogens (primary N) is 1. The number of ether oxygens (including phenoxy) is 2. The van der Waals surface area contributed by atoms with E-state index >= 15 is 0 Å². The van der Waals surface area contributed by atoms with Crippen molar-refractivity contribution in [3.05, 3.63) is 69.3 Å². The van der Waals surface area contributed by atoms with Crippen LogP contribution in [0.3, 0.4) is 0 Å². The van der Waals surface area contributed by atoms with E-state index in [4.69, 9.17) is 18.8 Å². The Kier molecular flexibility index (Phi) is 5.52. The van der Waals surface area contributed by atoms with Gasteiger partial charge in [-0.1, -0.05) is 48.5 Å². The maximum atomic E-state index is 11.1. The van der Waals surface area contributed by atoms with Crippen LogP contribution in [-0.4, -0.2) is 21.1 Å². The maximum Gasteiger partial charge on any atom is 0.333 e. The molecule has 128 valence electrons. The zero-order valence-corrected chi connectivity index (χ0v) is 15.5. The maximum absolute atomic E-state index is 11.1. The largest absolute Gasteiger partial charge is 0.340 e. The van der Waals surface area contributed by atoms with Gasteiger partial charge in [0.05, 0.1) is 6.61 Å². The Morgan fingerprint density at radius 3 is 2.38 bits per heavy atom. The van der Waals surface area contributed by atoms with E-state index in [2.05, 4.69) is 22.6 Å². The third-order valence-electron chi connectivity index (χ3n) is 3.59. The fraction of sp³-hybridized carbons (Fsp3) is 0.250. The molecule has 1 fully saturated rings. The second kappa shape index (κ2) is 7.46. The monoisotopic (exact) mass is 461 g/mol. The fourth-order valence-corrected chi connectivity index (χ4v) is 3.54. The van der Waals surface area contributed by atoms with Gasteiger partial charge in [0, 0.05) is 9.13 Å². The molecule has 6 nitrogen and oxygen atoms in total. The topological polar surface area (TPSA) is 87.9 Å². The van der Waals surface area contributed by atoms with Crippen LogP contribution in [0.2, 0.25) is 0 Å². The molecular formula is C16H16INO5S. The molecule has 1 saturated heterocycles. The predicted octanol–water partition coefficient (Wildman–Crippen LogP) is 2.67. The van der Waals surface area contributed by atoms with Crippen molar-refractivity contribution in [2.45, 2.75) is 18.5 Å². The molecule has 2 N–H and O–H groups in total. The Balaban J connectivity index is 1.86. The van der Waals surface area contributed by atoms with Crippen molar-refractivity contribution in [2.75, 3.05) is 6.61 Å². The van der Waals surface area contributed by atoms with Crippen molar-refractivity contribution in [2.24, 2.45) is 5.14 Å². The van der Waals surface area contributed by atoms with Gasteiger partial charge in [-0.05, 0) is 34.2 Å². The van der Waals surface area contributed by atoms with Gasteiger partial charge in [0.1, 0.15) is 12.2 Å². The van der Waals surface area contributed by atoms with Crippen molar-refractivity contribution in [1.29, 1.82) is 0 Å². The lowest BCUT2D eigenvalue weighted by atomic mass is 10.1. The van der Waals surface area contributed by atoms with Crippen LogP contribution in [0.1, 0.15) is 23.5 Å². The average Bonchev–Trinajstić information content (AvgIpc) is 2.98. The predicted molar refractivity (Wildman–Crippen MR) is 96.1 cm³/mol. The molecule has 0 bridgehead atoms. The number of halogens is 1. The molecule has 3 atom stereocenters. The van der Waals surface area contributed by atoms with E-state index in [-0.39, 0.29) is 6.61 Å². The van der Waals surface area contributed by atoms with Crippen LogP contribution in [0.25, 0.3) is 0 Å². The van der Waals surface area contributed by atoms with Gasteiger partial charge in [0.25, 0.3) is 0 Å². The van der Waals surface area contributed by atoms with E-state index in [1.165, 1.54) is 0 Å². The van der Waals surface area contributed by atoms with Crippen LogP contribution in [0.4, 0.5) is 0 Å². The zero-order valence-electron chi connectivity index (χ0n) is 12.5. The van der Waals surface area contributed by atoms with Gasteiger partial charge < -0.3 is 9.47 Å². The van der Waals surface area contributed by atoms with E-state index in [9.17, 15) is 8.42 Å². The third-order valence-corrected chi connectivity index (χ3v) is 5.03. The Bertz CT molecular complexity index is 799. The van der Waals surface area contributed by atoms with Gasteiger partial charge in [-0.15, -0.1) is 0 Å². The summed E-state index contributed by atoms with van der Waals surface area (Å²) < 4.78 is 39.9. The zero-order chi connectivity index (χ0) is 17.2. The van der Waals surface area contributed by atoms with Crippen molar-refractivity contribution >= 4 is 32.9 Å². The normalized spacial score (nSPS) is 24.2. The minimum atomic E-state index is -4.05. The highest BCUT2D eigenvalue weighted by molar-refractivity contribution is 14.1. The van der Waals surface area contributed by atoms with Crippen LogP contribution in [0.15, 0.2) is 54.6 Å². The molecule has 0 amide bonds. The molecule has 0 spiro atoms. The van der Waals surface area contributed by atoms with Gasteiger partial charge in [-0.25, -0.2) is 5.14 Å². The molecule has 0 unspecified atom stereocenters. The van der Waals surface area contributed by atoms with Gasteiger partial charge in [-0.3, -0.25) is 4.18 Å². The van der Waals surface area contributed by atoms with E-state index < -0.39 is 28.8 Å². The lowest BCUT2D eigenvalue weighted by Crippen LogP contribution is -2.27. The highest BCUT2D eigenvalue weighted by Crippen LogP contribution is 2.41. The first-order valence-corrected chi connectivity index (χ1v) is 9.76. The highest BCUT2D eigenvalue weighted by Gasteiger charge is 2.39. The summed E-state index contributed by atoms with van der Waals surface area (Å²) in [5, 5.41) is 4.93. The molecule has 0 aliphatic carbocycles. The summed E-state index contributed by atoms with van der Waals surface area (Å²) in [4.78, 5) is 0. The van der Waals surface area contributed by atoms with Gasteiger partial charge in [0.2, 0.25) is 0 Å². The van der Waals surface area contributed by atoms with E-state index in [1.807, 2.05) is 54.6 Å². The van der Waals surface area contributed by atoms with Crippen LogP contribution in [0.5, 0.6) is 0 Å².